The Hall–Kier alpha value is -3.23. The molecule has 0 amide bonds. The van der Waals surface area contributed by atoms with E-state index in [9.17, 15) is 8.42 Å². The van der Waals surface area contributed by atoms with Gasteiger partial charge in [0.25, 0.3) is 0 Å². The second-order valence-electron chi connectivity index (χ2n) is 6.54. The molecule has 2 aromatic carbocycles. The van der Waals surface area contributed by atoms with Crippen molar-refractivity contribution in [2.24, 2.45) is 0 Å². The average Bonchev–Trinajstić information content (AvgIpc) is 3.15. The number of pyridine rings is 1. The zero-order chi connectivity index (χ0) is 20.4. The van der Waals surface area contributed by atoms with Crippen molar-refractivity contribution in [1.29, 1.82) is 0 Å². The molecule has 2 aromatic heterocycles. The molecular formula is C21H19N3O4S. The van der Waals surface area contributed by atoms with Gasteiger partial charge in [-0.05, 0) is 54.1 Å². The molecule has 0 saturated carbocycles. The quantitative estimate of drug-likeness (QED) is 0.526. The van der Waals surface area contributed by atoms with Gasteiger partial charge in [0.2, 0.25) is 0 Å². The van der Waals surface area contributed by atoms with Crippen LogP contribution in [0.2, 0.25) is 0 Å². The molecule has 29 heavy (non-hydrogen) atoms. The van der Waals surface area contributed by atoms with E-state index in [2.05, 4.69) is 9.97 Å². The Kier molecular flexibility index (Phi) is 5.04. The number of hydrogen-bond acceptors (Lipinski definition) is 6. The standard InChI is InChI=1S/C21H19N3O4S/c1-29(26,27)21-9-3-16(13-22-21)15-2-8-20-19(12-15)23-14-24(20)17-4-6-18(7-5-17)28-11-10-25/h2-9,12-14,25H,10-11H2,1H3. The fraction of sp³-hybridized carbons (Fsp3) is 0.143. The fourth-order valence-electron chi connectivity index (χ4n) is 3.03. The average molecular weight is 409 g/mol. The molecule has 0 bridgehead atoms. The number of aliphatic hydroxyl groups excluding tert-OH is 1. The van der Waals surface area contributed by atoms with Crippen molar-refractivity contribution in [1.82, 2.24) is 14.5 Å². The normalized spacial score (nSPS) is 11.7. The minimum atomic E-state index is -3.32. The van der Waals surface area contributed by atoms with Crippen LogP contribution >= 0.6 is 0 Å². The van der Waals surface area contributed by atoms with Crippen molar-refractivity contribution in [3.05, 3.63) is 67.1 Å². The maximum absolute atomic E-state index is 11.6. The first-order valence-corrected chi connectivity index (χ1v) is 10.8. The molecule has 0 atom stereocenters. The van der Waals surface area contributed by atoms with Crippen LogP contribution in [-0.2, 0) is 9.84 Å². The lowest BCUT2D eigenvalue weighted by atomic mass is 10.1. The van der Waals surface area contributed by atoms with Crippen LogP contribution in [0.25, 0.3) is 27.8 Å². The highest BCUT2D eigenvalue weighted by Gasteiger charge is 2.10. The summed E-state index contributed by atoms with van der Waals surface area (Å²) >= 11 is 0. The molecule has 0 fully saturated rings. The third-order valence-corrected chi connectivity index (χ3v) is 5.47. The number of aromatic nitrogens is 3. The molecule has 0 aliphatic heterocycles. The van der Waals surface area contributed by atoms with Crippen LogP contribution in [0, 0.1) is 0 Å². The van der Waals surface area contributed by atoms with Gasteiger partial charge in [0.1, 0.15) is 18.7 Å². The van der Waals surface area contributed by atoms with Crippen molar-refractivity contribution in [2.45, 2.75) is 5.03 Å². The van der Waals surface area contributed by atoms with Crippen LogP contribution in [0.1, 0.15) is 0 Å². The molecule has 0 spiro atoms. The number of nitrogens with zero attached hydrogens (tertiary/aromatic N) is 3. The van der Waals surface area contributed by atoms with Gasteiger partial charge in [0.15, 0.2) is 14.9 Å². The van der Waals surface area contributed by atoms with Crippen LogP contribution in [0.4, 0.5) is 0 Å². The zero-order valence-electron chi connectivity index (χ0n) is 15.7. The molecule has 0 unspecified atom stereocenters. The third-order valence-electron chi connectivity index (χ3n) is 4.47. The number of rotatable bonds is 6. The molecule has 1 N–H and O–H groups in total. The van der Waals surface area contributed by atoms with Crippen molar-refractivity contribution >= 4 is 20.9 Å². The first-order chi connectivity index (χ1) is 14.0. The Morgan fingerprint density at radius 3 is 2.41 bits per heavy atom. The topological polar surface area (TPSA) is 94.3 Å². The van der Waals surface area contributed by atoms with E-state index in [-0.39, 0.29) is 18.2 Å². The molecule has 4 rings (SSSR count). The van der Waals surface area contributed by atoms with Gasteiger partial charge in [-0.2, -0.15) is 0 Å². The first-order valence-electron chi connectivity index (χ1n) is 8.93. The van der Waals surface area contributed by atoms with E-state index in [1.54, 1.807) is 18.6 Å². The lowest BCUT2D eigenvalue weighted by Crippen LogP contribution is -2.01. The van der Waals surface area contributed by atoms with Crippen molar-refractivity contribution in [3.63, 3.8) is 0 Å². The maximum atomic E-state index is 11.6. The monoisotopic (exact) mass is 409 g/mol. The van der Waals surface area contributed by atoms with Crippen LogP contribution < -0.4 is 4.74 Å². The highest BCUT2D eigenvalue weighted by Crippen LogP contribution is 2.26. The molecular weight excluding hydrogens is 390 g/mol. The summed E-state index contributed by atoms with van der Waals surface area (Å²) < 4.78 is 30.5. The van der Waals surface area contributed by atoms with E-state index < -0.39 is 9.84 Å². The van der Waals surface area contributed by atoms with Gasteiger partial charge < -0.3 is 9.84 Å². The number of ether oxygens (including phenoxy) is 1. The summed E-state index contributed by atoms with van der Waals surface area (Å²) in [5.74, 6) is 0.694. The van der Waals surface area contributed by atoms with E-state index >= 15 is 0 Å². The van der Waals surface area contributed by atoms with Gasteiger partial charge in [0.05, 0.1) is 17.6 Å². The smallest absolute Gasteiger partial charge is 0.192 e. The van der Waals surface area contributed by atoms with E-state index in [1.807, 2.05) is 47.0 Å². The van der Waals surface area contributed by atoms with Crippen molar-refractivity contribution < 1.29 is 18.3 Å². The van der Waals surface area contributed by atoms with Gasteiger partial charge in [-0.3, -0.25) is 4.57 Å². The molecule has 8 heteroatoms. The van der Waals surface area contributed by atoms with E-state index in [0.29, 0.717) is 5.75 Å². The van der Waals surface area contributed by atoms with Gasteiger partial charge in [-0.25, -0.2) is 18.4 Å². The maximum Gasteiger partial charge on any atom is 0.192 e. The van der Waals surface area contributed by atoms with Crippen molar-refractivity contribution in [2.75, 3.05) is 19.5 Å². The second-order valence-corrected chi connectivity index (χ2v) is 8.50. The summed E-state index contributed by atoms with van der Waals surface area (Å²) in [5.41, 5.74) is 4.42. The molecule has 2 heterocycles. The lowest BCUT2D eigenvalue weighted by molar-refractivity contribution is 0.201. The van der Waals surface area contributed by atoms with E-state index in [1.165, 1.54) is 6.07 Å². The summed E-state index contributed by atoms with van der Waals surface area (Å²) in [7, 11) is -3.32. The highest BCUT2D eigenvalue weighted by atomic mass is 32.2. The predicted octanol–water partition coefficient (Wildman–Crippen LogP) is 2.86. The van der Waals surface area contributed by atoms with Crippen LogP contribution in [0.5, 0.6) is 5.75 Å². The van der Waals surface area contributed by atoms with Crippen molar-refractivity contribution in [3.8, 4) is 22.6 Å². The van der Waals surface area contributed by atoms with E-state index in [4.69, 9.17) is 9.84 Å². The number of sulfone groups is 1. The van der Waals surface area contributed by atoms with Gasteiger partial charge in [-0.1, -0.05) is 6.07 Å². The second kappa shape index (κ2) is 7.65. The molecule has 148 valence electrons. The number of benzene rings is 2. The van der Waals surface area contributed by atoms with Gasteiger partial charge >= 0.3 is 0 Å². The van der Waals surface area contributed by atoms with E-state index in [0.717, 1.165) is 34.1 Å². The Morgan fingerprint density at radius 2 is 1.76 bits per heavy atom. The summed E-state index contributed by atoms with van der Waals surface area (Å²) in [6, 6.07) is 16.7. The first kappa shape index (κ1) is 19.1. The molecule has 0 radical (unpaired) electrons. The highest BCUT2D eigenvalue weighted by molar-refractivity contribution is 7.90. The van der Waals surface area contributed by atoms with Crippen LogP contribution in [0.3, 0.4) is 0 Å². The lowest BCUT2D eigenvalue weighted by Gasteiger charge is -2.08. The molecule has 4 aromatic rings. The van der Waals surface area contributed by atoms with Crippen LogP contribution in [0.15, 0.2) is 72.1 Å². The predicted molar refractivity (Wildman–Crippen MR) is 110 cm³/mol. The Bertz CT molecular complexity index is 1250. The Balaban J connectivity index is 1.64. The summed E-state index contributed by atoms with van der Waals surface area (Å²) in [5, 5.41) is 8.89. The number of imidazole rings is 1. The Morgan fingerprint density at radius 1 is 1.00 bits per heavy atom. The number of aliphatic hydroxyl groups is 1. The minimum Gasteiger partial charge on any atom is -0.491 e. The van der Waals surface area contributed by atoms with Gasteiger partial charge in [-0.15, -0.1) is 0 Å². The molecule has 0 aliphatic rings. The summed E-state index contributed by atoms with van der Waals surface area (Å²) in [4.78, 5) is 8.54. The molecule has 7 nitrogen and oxygen atoms in total. The fourth-order valence-corrected chi connectivity index (χ4v) is 3.59. The third kappa shape index (κ3) is 3.98. The zero-order valence-corrected chi connectivity index (χ0v) is 16.5. The summed E-state index contributed by atoms with van der Waals surface area (Å²) in [6.45, 7) is 0.235. The molecule has 0 aliphatic carbocycles. The summed E-state index contributed by atoms with van der Waals surface area (Å²) in [6.07, 6.45) is 4.45. The number of hydrogen-bond donors (Lipinski definition) is 1. The molecule has 0 saturated heterocycles. The van der Waals surface area contributed by atoms with Gasteiger partial charge in [0, 0.05) is 23.7 Å². The largest absolute Gasteiger partial charge is 0.491 e. The SMILES string of the molecule is CS(=O)(=O)c1ccc(-c2ccc3c(c2)ncn3-c2ccc(OCCO)cc2)cn1. The number of fused-ring (bicyclic) bond motifs is 1. The minimum absolute atomic E-state index is 0.0251. The van der Waals surface area contributed by atoms with Crippen LogP contribution in [-0.4, -0.2) is 47.5 Å². The Labute approximate surface area is 168 Å².